The zero-order chi connectivity index (χ0) is 14.7. The quantitative estimate of drug-likeness (QED) is 0.804. The van der Waals surface area contributed by atoms with Crippen LogP contribution in [0.15, 0.2) is 29.2 Å². The third-order valence-corrected chi connectivity index (χ3v) is 3.83. The van der Waals surface area contributed by atoms with Crippen molar-refractivity contribution in [2.75, 3.05) is 0 Å². The molecule has 0 spiro atoms. The minimum Gasteiger partial charge on any atom is -0.390 e. The van der Waals surface area contributed by atoms with E-state index >= 15 is 0 Å². The minimum absolute atomic E-state index is 0.0274. The van der Waals surface area contributed by atoms with Gasteiger partial charge >= 0.3 is 0 Å². The molecule has 0 amide bonds. The fourth-order valence-electron chi connectivity index (χ4n) is 2.36. The molecule has 0 aliphatic carbocycles. The summed E-state index contributed by atoms with van der Waals surface area (Å²) < 4.78 is -0.0274. The zero-order valence-electron chi connectivity index (χ0n) is 12.5. The lowest BCUT2D eigenvalue weighted by Crippen LogP contribution is -2.30. The number of benzene rings is 1. The van der Waals surface area contributed by atoms with E-state index in [2.05, 4.69) is 26.0 Å². The van der Waals surface area contributed by atoms with Crippen molar-refractivity contribution in [2.24, 2.45) is 0 Å². The Labute approximate surface area is 120 Å². The molecule has 0 unspecified atom stereocenters. The highest BCUT2D eigenvalue weighted by Gasteiger charge is 2.27. The topological polar surface area (TPSA) is 37.3 Å². The van der Waals surface area contributed by atoms with Crippen LogP contribution in [0, 0.1) is 0 Å². The number of carbonyl (C=O) groups excluding carboxylic acids is 1. The molecule has 1 aromatic rings. The fourth-order valence-corrected chi connectivity index (χ4v) is 3.70. The Morgan fingerprint density at radius 1 is 1.16 bits per heavy atom. The van der Waals surface area contributed by atoms with E-state index in [1.54, 1.807) is 18.7 Å². The van der Waals surface area contributed by atoms with Gasteiger partial charge in [-0.2, -0.15) is 0 Å². The summed E-state index contributed by atoms with van der Waals surface area (Å²) >= 11 is 1.76. The average Bonchev–Trinajstić information content (AvgIpc) is 2.15. The molecule has 0 saturated carbocycles. The van der Waals surface area contributed by atoms with Gasteiger partial charge in [-0.15, -0.1) is 11.8 Å². The third-order valence-electron chi connectivity index (χ3n) is 2.63. The standard InChI is InChI=1S/C16H24O2S/c1-12(17)10-13-6-8-14(9-7-13)19-16(4,5)11-15(2,3)18/h6-9,18H,10-11H2,1-5H3. The maximum Gasteiger partial charge on any atom is 0.134 e. The summed E-state index contributed by atoms with van der Waals surface area (Å²) in [6.07, 6.45) is 1.22. The van der Waals surface area contributed by atoms with E-state index in [0.29, 0.717) is 6.42 Å². The molecule has 1 aromatic carbocycles. The molecule has 0 heterocycles. The number of hydrogen-bond donors (Lipinski definition) is 1. The normalized spacial score (nSPS) is 12.5. The van der Waals surface area contributed by atoms with Crippen LogP contribution in [0.25, 0.3) is 0 Å². The van der Waals surface area contributed by atoms with Crippen molar-refractivity contribution in [1.29, 1.82) is 0 Å². The number of aliphatic hydroxyl groups is 1. The second kappa shape index (κ2) is 6.10. The fraction of sp³-hybridized carbons (Fsp3) is 0.562. The highest BCUT2D eigenvalue weighted by molar-refractivity contribution is 8.00. The summed E-state index contributed by atoms with van der Waals surface area (Å²) in [5.41, 5.74) is 0.391. The van der Waals surface area contributed by atoms with Crippen LogP contribution in [-0.2, 0) is 11.2 Å². The van der Waals surface area contributed by atoms with Gasteiger partial charge in [-0.3, -0.25) is 4.79 Å². The van der Waals surface area contributed by atoms with Crippen LogP contribution in [0.2, 0.25) is 0 Å². The van der Waals surface area contributed by atoms with Gasteiger partial charge in [0.15, 0.2) is 0 Å². The monoisotopic (exact) mass is 280 g/mol. The van der Waals surface area contributed by atoms with Gasteiger partial charge in [0, 0.05) is 16.1 Å². The van der Waals surface area contributed by atoms with Gasteiger partial charge < -0.3 is 5.11 Å². The van der Waals surface area contributed by atoms with Gasteiger partial charge in [0.05, 0.1) is 5.60 Å². The lowest BCUT2D eigenvalue weighted by atomic mass is 9.96. The van der Waals surface area contributed by atoms with Gasteiger partial charge in [0.2, 0.25) is 0 Å². The molecule has 3 heteroatoms. The second-order valence-corrected chi connectivity index (χ2v) is 8.15. The average molecular weight is 280 g/mol. The summed E-state index contributed by atoms with van der Waals surface area (Å²) in [4.78, 5) is 12.2. The summed E-state index contributed by atoms with van der Waals surface area (Å²) in [7, 11) is 0. The molecular formula is C16H24O2S. The lowest BCUT2D eigenvalue weighted by molar-refractivity contribution is -0.116. The van der Waals surface area contributed by atoms with E-state index < -0.39 is 5.60 Å². The lowest BCUT2D eigenvalue weighted by Gasteiger charge is -2.30. The highest BCUT2D eigenvalue weighted by atomic mass is 32.2. The number of thioether (sulfide) groups is 1. The van der Waals surface area contributed by atoms with Crippen molar-refractivity contribution in [3.8, 4) is 0 Å². The molecule has 1 N–H and O–H groups in total. The first-order valence-corrected chi connectivity index (χ1v) is 7.39. The SMILES string of the molecule is CC(=O)Cc1ccc(SC(C)(C)CC(C)(C)O)cc1. The van der Waals surface area contributed by atoms with E-state index in [1.165, 1.54) is 4.90 Å². The Morgan fingerprint density at radius 3 is 2.11 bits per heavy atom. The van der Waals surface area contributed by atoms with Crippen LogP contribution < -0.4 is 0 Å². The van der Waals surface area contributed by atoms with Crippen molar-refractivity contribution in [1.82, 2.24) is 0 Å². The Kier molecular flexibility index (Phi) is 5.22. The summed E-state index contributed by atoms with van der Waals surface area (Å²) in [6, 6.07) is 8.11. The van der Waals surface area contributed by atoms with Crippen LogP contribution in [0.4, 0.5) is 0 Å². The molecule has 19 heavy (non-hydrogen) atoms. The largest absolute Gasteiger partial charge is 0.390 e. The van der Waals surface area contributed by atoms with Crippen molar-refractivity contribution in [3.05, 3.63) is 29.8 Å². The Morgan fingerprint density at radius 2 is 1.68 bits per heavy atom. The van der Waals surface area contributed by atoms with Gasteiger partial charge in [0.1, 0.15) is 5.78 Å². The molecule has 0 atom stereocenters. The van der Waals surface area contributed by atoms with Crippen molar-refractivity contribution < 1.29 is 9.90 Å². The molecule has 0 bridgehead atoms. The summed E-state index contributed by atoms with van der Waals surface area (Å²) in [5.74, 6) is 0.183. The molecule has 0 aliphatic rings. The maximum atomic E-state index is 11.1. The first-order valence-electron chi connectivity index (χ1n) is 6.57. The molecule has 1 rings (SSSR count). The Hall–Kier alpha value is -0.800. The molecule has 2 nitrogen and oxygen atoms in total. The number of Topliss-reactive ketones (excluding diaryl/α,β-unsaturated/α-hetero) is 1. The van der Waals surface area contributed by atoms with Gasteiger partial charge in [-0.25, -0.2) is 0 Å². The van der Waals surface area contributed by atoms with Crippen molar-refractivity contribution in [2.45, 2.75) is 62.7 Å². The molecule has 0 saturated heterocycles. The van der Waals surface area contributed by atoms with E-state index in [4.69, 9.17) is 0 Å². The number of hydrogen-bond acceptors (Lipinski definition) is 3. The molecule has 106 valence electrons. The van der Waals surface area contributed by atoms with E-state index in [0.717, 1.165) is 12.0 Å². The smallest absolute Gasteiger partial charge is 0.134 e. The Balaban J connectivity index is 2.69. The predicted molar refractivity (Wildman–Crippen MR) is 81.7 cm³/mol. The number of carbonyl (C=O) groups is 1. The van der Waals surface area contributed by atoms with E-state index in [1.807, 2.05) is 26.0 Å². The van der Waals surface area contributed by atoms with Gasteiger partial charge in [-0.1, -0.05) is 26.0 Å². The third kappa shape index (κ3) is 6.79. The number of rotatable bonds is 6. The molecule has 0 radical (unpaired) electrons. The highest BCUT2D eigenvalue weighted by Crippen LogP contribution is 2.38. The van der Waals surface area contributed by atoms with E-state index in [-0.39, 0.29) is 10.5 Å². The summed E-state index contributed by atoms with van der Waals surface area (Å²) in [5, 5.41) is 9.92. The summed E-state index contributed by atoms with van der Waals surface area (Å²) in [6.45, 7) is 9.56. The van der Waals surface area contributed by atoms with E-state index in [9.17, 15) is 9.90 Å². The first-order chi connectivity index (χ1) is 8.57. The van der Waals surface area contributed by atoms with Crippen LogP contribution in [-0.4, -0.2) is 21.2 Å². The van der Waals surface area contributed by atoms with Gasteiger partial charge in [-0.05, 0) is 44.9 Å². The molecule has 0 aliphatic heterocycles. The molecule has 0 fully saturated rings. The van der Waals surface area contributed by atoms with Crippen molar-refractivity contribution >= 4 is 17.5 Å². The predicted octanol–water partition coefficient (Wildman–Crippen LogP) is 3.85. The second-order valence-electron chi connectivity index (χ2n) is 6.37. The maximum absolute atomic E-state index is 11.1. The van der Waals surface area contributed by atoms with Gasteiger partial charge in [0.25, 0.3) is 0 Å². The first kappa shape index (κ1) is 16.3. The Bertz CT molecular complexity index is 427. The van der Waals surface area contributed by atoms with Crippen molar-refractivity contribution in [3.63, 3.8) is 0 Å². The zero-order valence-corrected chi connectivity index (χ0v) is 13.3. The molecule has 0 aromatic heterocycles. The minimum atomic E-state index is -0.662. The van der Waals surface area contributed by atoms with Crippen LogP contribution in [0.1, 0.15) is 46.6 Å². The van der Waals surface area contributed by atoms with Crippen LogP contribution in [0.5, 0.6) is 0 Å². The van der Waals surface area contributed by atoms with Crippen LogP contribution in [0.3, 0.4) is 0 Å². The van der Waals surface area contributed by atoms with Crippen LogP contribution >= 0.6 is 11.8 Å². The molecular weight excluding hydrogens is 256 g/mol. The number of ketones is 1.